The first-order valence-electron chi connectivity index (χ1n) is 7.59. The van der Waals surface area contributed by atoms with Gasteiger partial charge in [-0.1, -0.05) is 23.2 Å². The second-order valence-electron chi connectivity index (χ2n) is 5.89. The molecular formula is C16H12Cl2F3N3O2. The maximum Gasteiger partial charge on any atom is 0.416 e. The average Bonchev–Trinajstić information content (AvgIpc) is 3.37. The standard InChI is InChI=1S/C16H12Cl2F3N3O2/c17-10-3-8(16(19,20)21)4-11(18)9(10)6-22-15(26)12-5-13(25)24-14(23-12)7-1-2-7/h3-5,7H,1-2,6H2,(H,22,26)(H,23,24,25). The number of nitrogens with one attached hydrogen (secondary N) is 2. The normalized spacial score (nSPS) is 14.3. The van der Waals surface area contributed by atoms with E-state index in [1.54, 1.807) is 0 Å². The number of amides is 1. The number of halogens is 5. The lowest BCUT2D eigenvalue weighted by molar-refractivity contribution is -0.137. The second kappa shape index (κ2) is 6.92. The van der Waals surface area contributed by atoms with Gasteiger partial charge in [0, 0.05) is 34.1 Å². The summed E-state index contributed by atoms with van der Waals surface area (Å²) in [5.41, 5.74) is -1.36. The fourth-order valence-corrected chi connectivity index (χ4v) is 2.96. The molecule has 1 saturated carbocycles. The summed E-state index contributed by atoms with van der Waals surface area (Å²) >= 11 is 11.7. The van der Waals surface area contributed by atoms with Crippen LogP contribution in [0.5, 0.6) is 0 Å². The van der Waals surface area contributed by atoms with Crippen LogP contribution in [0.15, 0.2) is 23.0 Å². The topological polar surface area (TPSA) is 74.8 Å². The fraction of sp³-hybridized carbons (Fsp3) is 0.312. The van der Waals surface area contributed by atoms with E-state index < -0.39 is 23.2 Å². The van der Waals surface area contributed by atoms with Crippen LogP contribution in [0.25, 0.3) is 0 Å². The van der Waals surface area contributed by atoms with Gasteiger partial charge in [0.25, 0.3) is 11.5 Å². The number of aromatic nitrogens is 2. The highest BCUT2D eigenvalue weighted by Crippen LogP contribution is 2.37. The molecule has 3 rings (SSSR count). The van der Waals surface area contributed by atoms with E-state index >= 15 is 0 Å². The Morgan fingerprint density at radius 3 is 2.38 bits per heavy atom. The molecule has 0 saturated heterocycles. The van der Waals surface area contributed by atoms with E-state index in [1.165, 1.54) is 0 Å². The van der Waals surface area contributed by atoms with Crippen LogP contribution in [0, 0.1) is 0 Å². The van der Waals surface area contributed by atoms with Crippen LogP contribution >= 0.6 is 23.2 Å². The van der Waals surface area contributed by atoms with Crippen molar-refractivity contribution < 1.29 is 18.0 Å². The van der Waals surface area contributed by atoms with Crippen LogP contribution in [0.4, 0.5) is 13.2 Å². The minimum atomic E-state index is -4.58. The van der Waals surface area contributed by atoms with Crippen molar-refractivity contribution in [2.75, 3.05) is 0 Å². The first-order valence-corrected chi connectivity index (χ1v) is 8.35. The van der Waals surface area contributed by atoms with Crippen molar-refractivity contribution in [2.24, 2.45) is 0 Å². The van der Waals surface area contributed by atoms with Crippen LogP contribution in [-0.2, 0) is 12.7 Å². The molecule has 10 heteroatoms. The monoisotopic (exact) mass is 405 g/mol. The lowest BCUT2D eigenvalue weighted by Gasteiger charge is -2.13. The van der Waals surface area contributed by atoms with Crippen LogP contribution in [-0.4, -0.2) is 15.9 Å². The highest BCUT2D eigenvalue weighted by Gasteiger charge is 2.32. The van der Waals surface area contributed by atoms with Gasteiger partial charge in [0.05, 0.1) is 5.56 Å². The molecule has 1 fully saturated rings. The average molecular weight is 406 g/mol. The molecule has 0 unspecified atom stereocenters. The number of aromatic amines is 1. The zero-order chi connectivity index (χ0) is 19.1. The van der Waals surface area contributed by atoms with Gasteiger partial charge in [-0.15, -0.1) is 0 Å². The van der Waals surface area contributed by atoms with E-state index in [2.05, 4.69) is 15.3 Å². The molecule has 138 valence electrons. The Labute approximate surface area is 155 Å². The summed E-state index contributed by atoms with van der Waals surface area (Å²) < 4.78 is 38.2. The van der Waals surface area contributed by atoms with Gasteiger partial charge in [0.2, 0.25) is 0 Å². The quantitative estimate of drug-likeness (QED) is 0.809. The van der Waals surface area contributed by atoms with Crippen molar-refractivity contribution in [2.45, 2.75) is 31.5 Å². The van der Waals surface area contributed by atoms with Crippen molar-refractivity contribution in [3.8, 4) is 0 Å². The number of rotatable bonds is 4. The fourth-order valence-electron chi connectivity index (χ4n) is 2.34. The molecule has 0 radical (unpaired) electrons. The molecule has 1 aromatic carbocycles. The first kappa shape index (κ1) is 18.7. The summed E-state index contributed by atoms with van der Waals surface area (Å²) in [7, 11) is 0. The van der Waals surface area contributed by atoms with Gasteiger partial charge in [-0.2, -0.15) is 13.2 Å². The molecule has 1 heterocycles. The number of hydrogen-bond acceptors (Lipinski definition) is 3. The van der Waals surface area contributed by atoms with E-state index in [-0.39, 0.29) is 33.8 Å². The third kappa shape index (κ3) is 4.19. The molecule has 1 aliphatic carbocycles. The maximum atomic E-state index is 12.7. The van der Waals surface area contributed by atoms with Crippen LogP contribution < -0.4 is 10.9 Å². The Morgan fingerprint density at radius 2 is 1.85 bits per heavy atom. The van der Waals surface area contributed by atoms with Gasteiger partial charge in [-0.25, -0.2) is 4.98 Å². The Balaban J connectivity index is 1.77. The summed E-state index contributed by atoms with van der Waals surface area (Å²) in [5.74, 6) is -0.0486. The molecule has 1 amide bonds. The Hall–Kier alpha value is -2.06. The zero-order valence-electron chi connectivity index (χ0n) is 13.1. The molecule has 2 N–H and O–H groups in total. The number of carbonyl (C=O) groups is 1. The summed E-state index contributed by atoms with van der Waals surface area (Å²) in [5, 5.41) is 2.03. The first-order chi connectivity index (χ1) is 12.1. The third-order valence-corrected chi connectivity index (χ3v) is 4.53. The van der Waals surface area contributed by atoms with Crippen molar-refractivity contribution in [1.29, 1.82) is 0 Å². The van der Waals surface area contributed by atoms with E-state index in [1.807, 2.05) is 0 Å². The van der Waals surface area contributed by atoms with Gasteiger partial charge >= 0.3 is 6.18 Å². The largest absolute Gasteiger partial charge is 0.416 e. The maximum absolute atomic E-state index is 12.7. The predicted octanol–water partition coefficient (Wildman–Crippen LogP) is 3.90. The summed E-state index contributed by atoms with van der Waals surface area (Å²) in [6.07, 6.45) is -2.79. The van der Waals surface area contributed by atoms with Crippen molar-refractivity contribution in [3.63, 3.8) is 0 Å². The molecule has 2 aromatic rings. The minimum Gasteiger partial charge on any atom is -0.347 e. The van der Waals surface area contributed by atoms with Gasteiger partial charge in [-0.05, 0) is 25.0 Å². The molecule has 0 spiro atoms. The molecule has 5 nitrogen and oxygen atoms in total. The summed E-state index contributed by atoms with van der Waals surface area (Å²) in [6.45, 7) is -0.206. The van der Waals surface area contributed by atoms with Crippen LogP contribution in [0.2, 0.25) is 10.0 Å². The lowest BCUT2D eigenvalue weighted by Crippen LogP contribution is -2.27. The van der Waals surface area contributed by atoms with E-state index in [9.17, 15) is 22.8 Å². The van der Waals surface area contributed by atoms with Crippen LogP contribution in [0.1, 0.15) is 46.2 Å². The van der Waals surface area contributed by atoms with E-state index in [4.69, 9.17) is 23.2 Å². The third-order valence-electron chi connectivity index (χ3n) is 3.85. The minimum absolute atomic E-state index is 0.0743. The van der Waals surface area contributed by atoms with Crippen molar-refractivity contribution >= 4 is 29.1 Å². The number of nitrogens with zero attached hydrogens (tertiary/aromatic N) is 1. The molecule has 1 aromatic heterocycles. The Morgan fingerprint density at radius 1 is 1.23 bits per heavy atom. The molecule has 1 aliphatic rings. The smallest absolute Gasteiger partial charge is 0.347 e. The second-order valence-corrected chi connectivity index (χ2v) is 6.70. The van der Waals surface area contributed by atoms with Crippen LogP contribution in [0.3, 0.4) is 0 Å². The summed E-state index contributed by atoms with van der Waals surface area (Å²) in [4.78, 5) is 30.6. The van der Waals surface area contributed by atoms with Gasteiger partial charge < -0.3 is 10.3 Å². The Bertz CT molecular complexity index is 901. The zero-order valence-corrected chi connectivity index (χ0v) is 14.6. The Kier molecular flexibility index (Phi) is 4.98. The lowest BCUT2D eigenvalue weighted by atomic mass is 10.1. The molecule has 0 aliphatic heterocycles. The van der Waals surface area contributed by atoms with E-state index in [0.29, 0.717) is 5.82 Å². The predicted molar refractivity (Wildman–Crippen MR) is 89.5 cm³/mol. The number of carbonyl (C=O) groups excluding carboxylic acids is 1. The number of alkyl halides is 3. The molecule has 0 bridgehead atoms. The van der Waals surface area contributed by atoms with Crippen molar-refractivity contribution in [3.05, 3.63) is 61.2 Å². The molecule has 26 heavy (non-hydrogen) atoms. The van der Waals surface area contributed by atoms with Crippen molar-refractivity contribution in [1.82, 2.24) is 15.3 Å². The number of hydrogen-bond donors (Lipinski definition) is 2. The van der Waals surface area contributed by atoms with Gasteiger partial charge in [0.1, 0.15) is 11.5 Å². The number of H-pyrrole nitrogens is 1. The highest BCUT2D eigenvalue weighted by molar-refractivity contribution is 6.36. The van der Waals surface area contributed by atoms with Gasteiger partial charge in [-0.3, -0.25) is 9.59 Å². The molecule has 0 atom stereocenters. The molecular weight excluding hydrogens is 394 g/mol. The summed E-state index contributed by atoms with van der Waals surface area (Å²) in [6, 6.07) is 2.54. The van der Waals surface area contributed by atoms with E-state index in [0.717, 1.165) is 31.0 Å². The van der Waals surface area contributed by atoms with Gasteiger partial charge in [0.15, 0.2) is 0 Å². The highest BCUT2D eigenvalue weighted by atomic mass is 35.5. The SMILES string of the molecule is O=C(NCc1c(Cl)cc(C(F)(F)F)cc1Cl)c1cc(=O)[nH]c(C2CC2)n1. The number of benzene rings is 1.